The van der Waals surface area contributed by atoms with E-state index in [1.165, 1.54) is 25.8 Å². The van der Waals surface area contributed by atoms with Gasteiger partial charge in [-0.2, -0.15) is 0 Å². The van der Waals surface area contributed by atoms with Crippen LogP contribution in [0.15, 0.2) is 24.0 Å². The summed E-state index contributed by atoms with van der Waals surface area (Å²) in [6, 6.07) is 0. The van der Waals surface area contributed by atoms with Crippen LogP contribution in [0.2, 0.25) is 0 Å². The van der Waals surface area contributed by atoms with Crippen LogP contribution in [0, 0.1) is 0 Å². The lowest BCUT2D eigenvalue weighted by atomic mass is 10.2. The van der Waals surface area contributed by atoms with E-state index in [2.05, 4.69) is 39.2 Å². The first-order valence-electron chi connectivity index (χ1n) is 4.97. The summed E-state index contributed by atoms with van der Waals surface area (Å²) >= 11 is 0. The lowest BCUT2D eigenvalue weighted by molar-refractivity contribution is -0.817. The highest BCUT2D eigenvalue weighted by molar-refractivity contribution is 5.13. The number of rotatable bonds is 4. The first-order chi connectivity index (χ1) is 5.73. The molecule has 1 aliphatic rings. The Balaban J connectivity index is 2.55. The molecule has 1 unspecified atom stereocenters. The SMILES string of the molecule is CCCCC1=CC=C[N+]1(C)CC. The Bertz CT molecular complexity index is 203. The van der Waals surface area contributed by atoms with Gasteiger partial charge in [0.05, 0.1) is 13.6 Å². The van der Waals surface area contributed by atoms with Gasteiger partial charge in [0.1, 0.15) is 11.9 Å². The predicted molar refractivity (Wildman–Crippen MR) is 53.5 cm³/mol. The van der Waals surface area contributed by atoms with E-state index in [9.17, 15) is 0 Å². The summed E-state index contributed by atoms with van der Waals surface area (Å²) < 4.78 is 1.03. The van der Waals surface area contributed by atoms with Crippen molar-refractivity contribution in [1.29, 1.82) is 0 Å². The van der Waals surface area contributed by atoms with E-state index in [-0.39, 0.29) is 0 Å². The summed E-state index contributed by atoms with van der Waals surface area (Å²) in [5.74, 6) is 0. The van der Waals surface area contributed by atoms with Crippen molar-refractivity contribution < 1.29 is 4.48 Å². The highest BCUT2D eigenvalue weighted by Gasteiger charge is 2.24. The Hall–Kier alpha value is -0.560. The summed E-state index contributed by atoms with van der Waals surface area (Å²) in [5.41, 5.74) is 1.57. The van der Waals surface area contributed by atoms with Crippen molar-refractivity contribution in [1.82, 2.24) is 0 Å². The molecule has 1 heteroatoms. The van der Waals surface area contributed by atoms with Gasteiger partial charge in [-0.3, -0.25) is 4.48 Å². The van der Waals surface area contributed by atoms with Crippen LogP contribution in [0.5, 0.6) is 0 Å². The Morgan fingerprint density at radius 2 is 2.08 bits per heavy atom. The average molecular weight is 166 g/mol. The highest BCUT2D eigenvalue weighted by atomic mass is 15.3. The minimum absolute atomic E-state index is 1.03. The molecule has 0 bridgehead atoms. The number of quaternary nitrogens is 1. The molecule has 0 aliphatic carbocycles. The molecular weight excluding hydrogens is 146 g/mol. The largest absolute Gasteiger partial charge is 0.271 e. The van der Waals surface area contributed by atoms with E-state index in [0.29, 0.717) is 0 Å². The van der Waals surface area contributed by atoms with E-state index in [1.54, 1.807) is 5.70 Å². The topological polar surface area (TPSA) is 0 Å². The van der Waals surface area contributed by atoms with Gasteiger partial charge in [-0.25, -0.2) is 0 Å². The maximum atomic E-state index is 2.28. The molecule has 0 amide bonds. The average Bonchev–Trinajstić information content (AvgIpc) is 2.45. The third-order valence-corrected chi connectivity index (χ3v) is 2.80. The van der Waals surface area contributed by atoms with Crippen LogP contribution in [0.4, 0.5) is 0 Å². The molecule has 0 aromatic heterocycles. The van der Waals surface area contributed by atoms with Gasteiger partial charge in [-0.15, -0.1) is 0 Å². The Morgan fingerprint density at radius 3 is 2.67 bits per heavy atom. The molecule has 12 heavy (non-hydrogen) atoms. The molecular formula is C11H20N+. The minimum atomic E-state index is 1.03. The van der Waals surface area contributed by atoms with Crippen LogP contribution in [-0.4, -0.2) is 18.1 Å². The lowest BCUT2D eigenvalue weighted by Gasteiger charge is -2.28. The summed E-state index contributed by atoms with van der Waals surface area (Å²) in [7, 11) is 2.28. The van der Waals surface area contributed by atoms with E-state index in [1.807, 2.05) is 0 Å². The fourth-order valence-electron chi connectivity index (χ4n) is 1.62. The van der Waals surface area contributed by atoms with Crippen LogP contribution in [0.25, 0.3) is 0 Å². The molecule has 0 fully saturated rings. The van der Waals surface area contributed by atoms with Crippen LogP contribution < -0.4 is 0 Å². The van der Waals surface area contributed by atoms with E-state index in [0.717, 1.165) is 4.48 Å². The number of hydrogen-bond donors (Lipinski definition) is 0. The molecule has 0 aromatic rings. The van der Waals surface area contributed by atoms with Gasteiger partial charge in [-0.1, -0.05) is 13.3 Å². The van der Waals surface area contributed by atoms with Gasteiger partial charge in [0.15, 0.2) is 0 Å². The Kier molecular flexibility index (Phi) is 3.10. The molecule has 68 valence electrons. The van der Waals surface area contributed by atoms with Gasteiger partial charge in [0.25, 0.3) is 0 Å². The van der Waals surface area contributed by atoms with Gasteiger partial charge in [0.2, 0.25) is 0 Å². The lowest BCUT2D eigenvalue weighted by Crippen LogP contribution is -2.34. The third-order valence-electron chi connectivity index (χ3n) is 2.80. The highest BCUT2D eigenvalue weighted by Crippen LogP contribution is 2.25. The maximum Gasteiger partial charge on any atom is 0.113 e. The van der Waals surface area contributed by atoms with Gasteiger partial charge in [0, 0.05) is 12.5 Å². The first kappa shape index (κ1) is 9.53. The van der Waals surface area contributed by atoms with Crippen LogP contribution in [-0.2, 0) is 0 Å². The Labute approximate surface area is 76.0 Å². The molecule has 1 nitrogen and oxygen atoms in total. The Morgan fingerprint density at radius 1 is 1.33 bits per heavy atom. The van der Waals surface area contributed by atoms with E-state index >= 15 is 0 Å². The van der Waals surface area contributed by atoms with Crippen LogP contribution in [0.1, 0.15) is 33.1 Å². The molecule has 0 saturated carbocycles. The maximum absolute atomic E-state index is 2.28. The van der Waals surface area contributed by atoms with E-state index in [4.69, 9.17) is 0 Å². The summed E-state index contributed by atoms with van der Waals surface area (Å²) in [4.78, 5) is 0. The molecule has 0 saturated heterocycles. The van der Waals surface area contributed by atoms with Gasteiger partial charge >= 0.3 is 0 Å². The second-order valence-corrected chi connectivity index (χ2v) is 3.69. The van der Waals surface area contributed by atoms with Crippen molar-refractivity contribution in [3.05, 3.63) is 24.0 Å². The molecule has 1 rings (SSSR count). The number of hydrogen-bond acceptors (Lipinski definition) is 0. The number of allylic oxidation sites excluding steroid dienone is 3. The second-order valence-electron chi connectivity index (χ2n) is 3.69. The van der Waals surface area contributed by atoms with Crippen molar-refractivity contribution in [2.24, 2.45) is 0 Å². The standard InChI is InChI=1S/C11H20N/c1-4-6-8-11-9-7-10-12(11,3)5-2/h7,9-10H,4-6,8H2,1-3H3/q+1. The monoisotopic (exact) mass is 166 g/mol. The third kappa shape index (κ3) is 1.78. The molecule has 0 spiro atoms. The van der Waals surface area contributed by atoms with Gasteiger partial charge < -0.3 is 0 Å². The zero-order valence-corrected chi connectivity index (χ0v) is 8.51. The zero-order valence-electron chi connectivity index (χ0n) is 8.51. The molecule has 0 aromatic carbocycles. The number of nitrogens with zero attached hydrogens (tertiary/aromatic N) is 1. The van der Waals surface area contributed by atoms with E-state index < -0.39 is 0 Å². The predicted octanol–water partition coefficient (Wildman–Crippen LogP) is 3.05. The molecule has 1 atom stereocenters. The fourth-order valence-corrected chi connectivity index (χ4v) is 1.62. The minimum Gasteiger partial charge on any atom is -0.271 e. The molecule has 1 aliphatic heterocycles. The summed E-state index contributed by atoms with van der Waals surface area (Å²) in [6.07, 6.45) is 10.6. The summed E-state index contributed by atoms with van der Waals surface area (Å²) in [6.45, 7) is 5.67. The second kappa shape index (κ2) is 3.90. The summed E-state index contributed by atoms with van der Waals surface area (Å²) in [5, 5.41) is 0. The van der Waals surface area contributed by atoms with Crippen molar-refractivity contribution in [2.45, 2.75) is 33.1 Å². The smallest absolute Gasteiger partial charge is 0.113 e. The molecule has 0 N–H and O–H groups in total. The van der Waals surface area contributed by atoms with Crippen molar-refractivity contribution in [3.8, 4) is 0 Å². The number of unbranched alkanes of at least 4 members (excludes halogenated alkanes) is 1. The van der Waals surface area contributed by atoms with Crippen molar-refractivity contribution >= 4 is 0 Å². The van der Waals surface area contributed by atoms with Crippen molar-refractivity contribution in [2.75, 3.05) is 13.6 Å². The van der Waals surface area contributed by atoms with Gasteiger partial charge in [-0.05, 0) is 19.4 Å². The molecule has 0 radical (unpaired) electrons. The van der Waals surface area contributed by atoms with Crippen LogP contribution >= 0.6 is 0 Å². The quantitative estimate of drug-likeness (QED) is 0.563. The fraction of sp³-hybridized carbons (Fsp3) is 0.636. The van der Waals surface area contributed by atoms with Crippen LogP contribution in [0.3, 0.4) is 0 Å². The van der Waals surface area contributed by atoms with Crippen molar-refractivity contribution in [3.63, 3.8) is 0 Å². The normalized spacial score (nSPS) is 27.8. The molecule has 1 heterocycles. The first-order valence-corrected chi connectivity index (χ1v) is 4.97. The zero-order chi connectivity index (χ0) is 9.03.